The van der Waals surface area contributed by atoms with Crippen molar-refractivity contribution in [1.29, 1.82) is 0 Å². The summed E-state index contributed by atoms with van der Waals surface area (Å²) >= 11 is 0. The third kappa shape index (κ3) is 4.37. The third-order valence-corrected chi connectivity index (χ3v) is 2.85. The van der Waals surface area contributed by atoms with Gasteiger partial charge in [0.25, 0.3) is 11.8 Å². The summed E-state index contributed by atoms with van der Waals surface area (Å²) < 4.78 is 0. The summed E-state index contributed by atoms with van der Waals surface area (Å²) in [4.78, 5) is 25.5. The SMILES string of the molecule is CCN(C)C(=O)c1cccc(C(=O)NCCNC)c1. The van der Waals surface area contributed by atoms with Crippen LogP contribution in [0.5, 0.6) is 0 Å². The Morgan fingerprint density at radius 1 is 1.21 bits per heavy atom. The van der Waals surface area contributed by atoms with Crippen molar-refractivity contribution >= 4 is 11.8 Å². The van der Waals surface area contributed by atoms with Gasteiger partial charge in [0.15, 0.2) is 0 Å². The summed E-state index contributed by atoms with van der Waals surface area (Å²) in [7, 11) is 3.56. The molecule has 0 unspecified atom stereocenters. The van der Waals surface area contributed by atoms with E-state index in [0.717, 1.165) is 0 Å². The van der Waals surface area contributed by atoms with Crippen LogP contribution in [-0.4, -0.2) is 50.4 Å². The maximum atomic E-state index is 12.0. The number of nitrogens with one attached hydrogen (secondary N) is 2. The summed E-state index contributed by atoms with van der Waals surface area (Å²) in [6.07, 6.45) is 0. The second-order valence-corrected chi connectivity index (χ2v) is 4.26. The lowest BCUT2D eigenvalue weighted by molar-refractivity contribution is 0.0802. The van der Waals surface area contributed by atoms with E-state index in [9.17, 15) is 9.59 Å². The fraction of sp³-hybridized carbons (Fsp3) is 0.429. The average Bonchev–Trinajstić information content (AvgIpc) is 2.45. The molecule has 0 atom stereocenters. The number of hydrogen-bond acceptors (Lipinski definition) is 3. The first-order chi connectivity index (χ1) is 9.10. The second kappa shape index (κ2) is 7.53. The van der Waals surface area contributed by atoms with Gasteiger partial charge in [-0.05, 0) is 32.2 Å². The highest BCUT2D eigenvalue weighted by molar-refractivity contribution is 5.99. The van der Waals surface area contributed by atoms with Gasteiger partial charge in [-0.2, -0.15) is 0 Å². The van der Waals surface area contributed by atoms with Crippen LogP contribution in [0.25, 0.3) is 0 Å². The molecular formula is C14H21N3O2. The van der Waals surface area contributed by atoms with Gasteiger partial charge in [0.2, 0.25) is 0 Å². The van der Waals surface area contributed by atoms with Crippen molar-refractivity contribution in [2.45, 2.75) is 6.92 Å². The zero-order valence-electron chi connectivity index (χ0n) is 11.7. The fourth-order valence-electron chi connectivity index (χ4n) is 1.56. The molecule has 1 aromatic carbocycles. The second-order valence-electron chi connectivity index (χ2n) is 4.26. The lowest BCUT2D eigenvalue weighted by Crippen LogP contribution is -2.31. The lowest BCUT2D eigenvalue weighted by Gasteiger charge is -2.14. The Kier molecular flexibility index (Phi) is 6.02. The van der Waals surface area contributed by atoms with E-state index in [4.69, 9.17) is 0 Å². The number of benzene rings is 1. The molecule has 0 aromatic heterocycles. The van der Waals surface area contributed by atoms with E-state index >= 15 is 0 Å². The Balaban J connectivity index is 2.76. The summed E-state index contributed by atoms with van der Waals surface area (Å²) in [6.45, 7) is 3.81. The van der Waals surface area contributed by atoms with Gasteiger partial charge in [0.1, 0.15) is 0 Å². The Morgan fingerprint density at radius 3 is 2.53 bits per heavy atom. The lowest BCUT2D eigenvalue weighted by atomic mass is 10.1. The quantitative estimate of drug-likeness (QED) is 0.744. The van der Waals surface area contributed by atoms with E-state index in [1.165, 1.54) is 0 Å². The molecule has 2 amide bonds. The number of nitrogens with zero attached hydrogens (tertiary/aromatic N) is 1. The topological polar surface area (TPSA) is 61.4 Å². The van der Waals surface area contributed by atoms with Crippen molar-refractivity contribution in [2.75, 3.05) is 33.7 Å². The molecule has 0 bridgehead atoms. The summed E-state index contributed by atoms with van der Waals surface area (Å²) in [6, 6.07) is 6.78. The van der Waals surface area contributed by atoms with E-state index < -0.39 is 0 Å². The zero-order chi connectivity index (χ0) is 14.3. The first-order valence-corrected chi connectivity index (χ1v) is 6.38. The van der Waals surface area contributed by atoms with Crippen LogP contribution >= 0.6 is 0 Å². The highest BCUT2D eigenvalue weighted by atomic mass is 16.2. The van der Waals surface area contributed by atoms with Gasteiger partial charge in [0, 0.05) is 37.8 Å². The van der Waals surface area contributed by atoms with E-state index in [0.29, 0.717) is 30.8 Å². The molecule has 2 N–H and O–H groups in total. The molecule has 1 rings (SSSR count). The van der Waals surface area contributed by atoms with E-state index in [1.54, 1.807) is 36.2 Å². The van der Waals surface area contributed by atoms with Gasteiger partial charge < -0.3 is 15.5 Å². The van der Waals surface area contributed by atoms with Crippen molar-refractivity contribution in [3.05, 3.63) is 35.4 Å². The molecule has 0 heterocycles. The first-order valence-electron chi connectivity index (χ1n) is 6.38. The predicted molar refractivity (Wildman–Crippen MR) is 75.3 cm³/mol. The average molecular weight is 263 g/mol. The summed E-state index contributed by atoms with van der Waals surface area (Å²) in [5.41, 5.74) is 1.04. The third-order valence-electron chi connectivity index (χ3n) is 2.85. The number of hydrogen-bond donors (Lipinski definition) is 2. The number of likely N-dealkylation sites (N-methyl/N-ethyl adjacent to an activating group) is 1. The largest absolute Gasteiger partial charge is 0.351 e. The standard InChI is InChI=1S/C14H21N3O2/c1-4-17(3)14(19)12-7-5-6-11(10-12)13(18)16-9-8-15-2/h5-7,10,15H,4,8-9H2,1-3H3,(H,16,18). The summed E-state index contributed by atoms with van der Waals surface area (Å²) in [5.74, 6) is -0.239. The predicted octanol–water partition coefficient (Wildman–Crippen LogP) is 0.728. The molecule has 0 fully saturated rings. The molecule has 5 nitrogen and oxygen atoms in total. The molecule has 0 spiro atoms. The zero-order valence-corrected chi connectivity index (χ0v) is 11.7. The number of rotatable bonds is 6. The van der Waals surface area contributed by atoms with E-state index in [1.807, 2.05) is 14.0 Å². The fourth-order valence-corrected chi connectivity index (χ4v) is 1.56. The minimum absolute atomic E-state index is 0.0765. The van der Waals surface area contributed by atoms with Crippen molar-refractivity contribution in [2.24, 2.45) is 0 Å². The molecule has 0 aliphatic rings. The van der Waals surface area contributed by atoms with Crippen LogP contribution in [0.15, 0.2) is 24.3 Å². The van der Waals surface area contributed by atoms with Crippen molar-refractivity contribution < 1.29 is 9.59 Å². The highest BCUT2D eigenvalue weighted by Crippen LogP contribution is 2.07. The van der Waals surface area contributed by atoms with Crippen LogP contribution in [0.2, 0.25) is 0 Å². The normalized spacial score (nSPS) is 10.1. The van der Waals surface area contributed by atoms with Crippen LogP contribution in [-0.2, 0) is 0 Å². The van der Waals surface area contributed by atoms with Crippen molar-refractivity contribution in [1.82, 2.24) is 15.5 Å². The molecule has 0 aliphatic heterocycles. The molecule has 0 aliphatic carbocycles. The minimum Gasteiger partial charge on any atom is -0.351 e. The van der Waals surface area contributed by atoms with Gasteiger partial charge in [0.05, 0.1) is 0 Å². The molecular weight excluding hydrogens is 242 g/mol. The highest BCUT2D eigenvalue weighted by Gasteiger charge is 2.12. The number of carbonyl (C=O) groups is 2. The molecule has 0 radical (unpaired) electrons. The molecule has 0 saturated carbocycles. The van der Waals surface area contributed by atoms with Gasteiger partial charge in [-0.15, -0.1) is 0 Å². The van der Waals surface area contributed by atoms with Crippen LogP contribution in [0, 0.1) is 0 Å². The Bertz CT molecular complexity index is 446. The van der Waals surface area contributed by atoms with E-state index in [2.05, 4.69) is 10.6 Å². The number of carbonyl (C=O) groups excluding carboxylic acids is 2. The Labute approximate surface area is 114 Å². The van der Waals surface area contributed by atoms with Crippen molar-refractivity contribution in [3.63, 3.8) is 0 Å². The van der Waals surface area contributed by atoms with Gasteiger partial charge in [-0.25, -0.2) is 0 Å². The maximum Gasteiger partial charge on any atom is 0.253 e. The van der Waals surface area contributed by atoms with Crippen molar-refractivity contribution in [3.8, 4) is 0 Å². The van der Waals surface area contributed by atoms with Crippen LogP contribution < -0.4 is 10.6 Å². The van der Waals surface area contributed by atoms with Crippen LogP contribution in [0.3, 0.4) is 0 Å². The Hall–Kier alpha value is -1.88. The molecule has 0 saturated heterocycles. The van der Waals surface area contributed by atoms with Crippen LogP contribution in [0.4, 0.5) is 0 Å². The minimum atomic E-state index is -0.163. The molecule has 19 heavy (non-hydrogen) atoms. The molecule has 1 aromatic rings. The van der Waals surface area contributed by atoms with Gasteiger partial charge >= 0.3 is 0 Å². The van der Waals surface area contributed by atoms with Gasteiger partial charge in [-0.3, -0.25) is 9.59 Å². The monoisotopic (exact) mass is 263 g/mol. The Morgan fingerprint density at radius 2 is 1.89 bits per heavy atom. The summed E-state index contributed by atoms with van der Waals surface area (Å²) in [5, 5.41) is 5.73. The number of amides is 2. The van der Waals surface area contributed by atoms with Gasteiger partial charge in [-0.1, -0.05) is 6.07 Å². The molecule has 5 heteroatoms. The molecule has 104 valence electrons. The van der Waals surface area contributed by atoms with Crippen LogP contribution in [0.1, 0.15) is 27.6 Å². The smallest absolute Gasteiger partial charge is 0.253 e. The first kappa shape index (κ1) is 15.2. The van der Waals surface area contributed by atoms with E-state index in [-0.39, 0.29) is 11.8 Å². The maximum absolute atomic E-state index is 12.0.